The largest absolute Gasteiger partial charge is 0.508 e. The summed E-state index contributed by atoms with van der Waals surface area (Å²) in [5.41, 5.74) is 8.84. The molecule has 0 bridgehead atoms. The van der Waals surface area contributed by atoms with Crippen LogP contribution in [0.2, 0.25) is 0 Å². The van der Waals surface area contributed by atoms with Crippen LogP contribution in [0.5, 0.6) is 5.75 Å². The summed E-state index contributed by atoms with van der Waals surface area (Å²) in [6.07, 6.45) is 4.79. The Morgan fingerprint density at radius 1 is 0.881 bits per heavy atom. The van der Waals surface area contributed by atoms with Crippen molar-refractivity contribution in [3.05, 3.63) is 84.1 Å². The van der Waals surface area contributed by atoms with Gasteiger partial charge in [-0.25, -0.2) is 9.78 Å². The summed E-state index contributed by atoms with van der Waals surface area (Å²) in [5, 5.41) is 27.8. The number of aromatic nitrogens is 3. The second-order valence-electron chi connectivity index (χ2n) is 10.0. The topological polar surface area (TPSA) is 215 Å². The first kappa shape index (κ1) is 29.8. The van der Waals surface area contributed by atoms with Crippen molar-refractivity contribution in [2.24, 2.45) is 5.73 Å². The van der Waals surface area contributed by atoms with Gasteiger partial charge >= 0.3 is 5.97 Å². The predicted octanol–water partition coefficient (Wildman–Crippen LogP) is 0.511. The molecule has 42 heavy (non-hydrogen) atoms. The number of carbonyl (C=O) groups excluding carboxylic acids is 3. The number of carbonyl (C=O) groups is 4. The number of aliphatic carboxylic acids is 1. The van der Waals surface area contributed by atoms with Crippen molar-refractivity contribution in [2.45, 2.75) is 50.4 Å². The highest BCUT2D eigenvalue weighted by atomic mass is 16.4. The van der Waals surface area contributed by atoms with E-state index in [1.165, 1.54) is 31.6 Å². The van der Waals surface area contributed by atoms with Crippen LogP contribution in [0.25, 0.3) is 10.9 Å². The number of imidazole rings is 1. The minimum absolute atomic E-state index is 0.0415. The van der Waals surface area contributed by atoms with Crippen LogP contribution in [0.1, 0.15) is 23.7 Å². The Morgan fingerprint density at radius 3 is 2.29 bits per heavy atom. The maximum Gasteiger partial charge on any atom is 0.326 e. The summed E-state index contributed by atoms with van der Waals surface area (Å²) in [4.78, 5) is 61.0. The molecule has 0 aliphatic heterocycles. The van der Waals surface area contributed by atoms with Gasteiger partial charge in [0.25, 0.3) is 0 Å². The number of nitrogens with two attached hydrogens (primary N) is 1. The van der Waals surface area contributed by atoms with Crippen molar-refractivity contribution in [3.8, 4) is 5.75 Å². The third-order valence-electron chi connectivity index (χ3n) is 6.81. The number of aromatic hydroxyl groups is 1. The molecule has 0 aliphatic carbocycles. The number of aromatic amines is 2. The summed E-state index contributed by atoms with van der Waals surface area (Å²) in [6.45, 7) is 1.46. The molecule has 3 amide bonds. The molecular weight excluding hydrogens is 542 g/mol. The van der Waals surface area contributed by atoms with Crippen LogP contribution in [0.3, 0.4) is 0 Å². The Hall–Kier alpha value is -5.17. The number of phenolic OH excluding ortho intramolecular Hbond substituents is 1. The molecular formula is C29H33N7O6. The van der Waals surface area contributed by atoms with Crippen molar-refractivity contribution in [1.29, 1.82) is 0 Å². The fourth-order valence-corrected chi connectivity index (χ4v) is 4.48. The lowest BCUT2D eigenvalue weighted by atomic mass is 10.0. The van der Waals surface area contributed by atoms with E-state index in [9.17, 15) is 29.4 Å². The molecule has 0 fully saturated rings. The van der Waals surface area contributed by atoms with E-state index in [-0.39, 0.29) is 25.0 Å². The van der Waals surface area contributed by atoms with Crippen molar-refractivity contribution in [1.82, 2.24) is 30.9 Å². The first-order valence-corrected chi connectivity index (χ1v) is 13.3. The number of rotatable bonds is 13. The number of para-hydroxylation sites is 1. The van der Waals surface area contributed by atoms with Crippen LogP contribution >= 0.6 is 0 Å². The Bertz CT molecular complexity index is 1530. The maximum atomic E-state index is 13.4. The maximum absolute atomic E-state index is 13.4. The summed E-state index contributed by atoms with van der Waals surface area (Å²) in [7, 11) is 0. The normalized spacial score (nSPS) is 14.0. The number of phenols is 1. The molecule has 4 aromatic rings. The van der Waals surface area contributed by atoms with Crippen LogP contribution in [0.15, 0.2) is 67.3 Å². The number of hydrogen-bond acceptors (Lipinski definition) is 7. The zero-order valence-corrected chi connectivity index (χ0v) is 22.8. The van der Waals surface area contributed by atoms with Gasteiger partial charge in [0.1, 0.15) is 23.9 Å². The molecule has 0 spiro atoms. The number of fused-ring (bicyclic) bond motifs is 1. The van der Waals surface area contributed by atoms with Crippen LogP contribution < -0.4 is 21.7 Å². The minimum Gasteiger partial charge on any atom is -0.508 e. The molecule has 2 aromatic carbocycles. The zero-order valence-electron chi connectivity index (χ0n) is 22.8. The molecule has 0 aliphatic rings. The van der Waals surface area contributed by atoms with Gasteiger partial charge in [0.15, 0.2) is 0 Å². The Kier molecular flexibility index (Phi) is 9.55. The van der Waals surface area contributed by atoms with E-state index in [4.69, 9.17) is 5.73 Å². The highest BCUT2D eigenvalue weighted by Gasteiger charge is 2.30. The lowest BCUT2D eigenvalue weighted by molar-refractivity contribution is -0.142. The molecule has 9 N–H and O–H groups in total. The molecule has 0 saturated heterocycles. The van der Waals surface area contributed by atoms with Crippen LogP contribution in [-0.4, -0.2) is 73.0 Å². The number of benzene rings is 2. The number of H-pyrrole nitrogens is 2. The lowest BCUT2D eigenvalue weighted by Gasteiger charge is -2.24. The van der Waals surface area contributed by atoms with Gasteiger partial charge in [0, 0.05) is 41.8 Å². The molecule has 4 rings (SSSR count). The third kappa shape index (κ3) is 7.73. The van der Waals surface area contributed by atoms with Gasteiger partial charge in [-0.2, -0.15) is 0 Å². The van der Waals surface area contributed by atoms with Gasteiger partial charge in [-0.3, -0.25) is 14.4 Å². The summed E-state index contributed by atoms with van der Waals surface area (Å²) in [5.74, 6) is -3.10. The summed E-state index contributed by atoms with van der Waals surface area (Å²) in [6, 6.07) is 9.24. The van der Waals surface area contributed by atoms with Crippen LogP contribution in [-0.2, 0) is 38.4 Å². The molecule has 13 nitrogen and oxygen atoms in total. The zero-order chi connectivity index (χ0) is 30.2. The molecule has 4 atom stereocenters. The van der Waals surface area contributed by atoms with Gasteiger partial charge in [0.2, 0.25) is 17.7 Å². The number of nitrogens with zero attached hydrogens (tertiary/aromatic N) is 1. The number of hydrogen-bond donors (Lipinski definition) is 8. The Balaban J connectivity index is 1.46. The molecule has 2 heterocycles. The van der Waals surface area contributed by atoms with Gasteiger partial charge in [0.05, 0.1) is 12.4 Å². The van der Waals surface area contributed by atoms with Crippen LogP contribution in [0, 0.1) is 0 Å². The second-order valence-corrected chi connectivity index (χ2v) is 10.0. The molecule has 13 heteroatoms. The first-order valence-electron chi connectivity index (χ1n) is 13.3. The fraction of sp³-hybridized carbons (Fsp3) is 0.276. The van der Waals surface area contributed by atoms with Gasteiger partial charge in [-0.05, 0) is 42.7 Å². The standard InChI is InChI=1S/C29H33N7O6/c1-16(34-27(39)22(30)10-17-6-8-20(37)9-7-17)26(38)35-24(11-18-13-32-23-5-3-2-4-21(18)23)28(40)36-25(29(41)42)12-19-14-31-15-33-19/h2-9,13-16,22,24-25,32,37H,10-12,30H2,1H3,(H,31,33)(H,34,39)(H,35,38)(H,36,40)(H,41,42). The third-order valence-corrected chi connectivity index (χ3v) is 6.81. The monoisotopic (exact) mass is 575 g/mol. The average Bonchev–Trinajstić information content (AvgIpc) is 3.63. The number of nitrogens with one attached hydrogen (secondary N) is 5. The van der Waals surface area contributed by atoms with E-state index in [2.05, 4.69) is 30.9 Å². The molecule has 220 valence electrons. The van der Waals surface area contributed by atoms with Crippen LogP contribution in [0.4, 0.5) is 0 Å². The lowest BCUT2D eigenvalue weighted by Crippen LogP contribution is -2.57. The number of carboxylic acids is 1. The van der Waals surface area contributed by atoms with E-state index in [0.717, 1.165) is 22.0 Å². The number of carboxylic acid groups (broad SMARTS) is 1. The summed E-state index contributed by atoms with van der Waals surface area (Å²) >= 11 is 0. The minimum atomic E-state index is -1.28. The van der Waals surface area contributed by atoms with Crippen molar-refractivity contribution < 1.29 is 29.4 Å². The van der Waals surface area contributed by atoms with E-state index in [1.54, 1.807) is 18.3 Å². The second kappa shape index (κ2) is 13.5. The summed E-state index contributed by atoms with van der Waals surface area (Å²) < 4.78 is 0. The SMILES string of the molecule is CC(NC(=O)C(N)Cc1ccc(O)cc1)C(=O)NC(Cc1c[nH]c2ccccc12)C(=O)NC(Cc1cnc[nH]1)C(=O)O. The van der Waals surface area contributed by atoms with Crippen molar-refractivity contribution in [3.63, 3.8) is 0 Å². The Morgan fingerprint density at radius 2 is 1.60 bits per heavy atom. The molecule has 4 unspecified atom stereocenters. The Labute approximate surface area is 240 Å². The molecule has 0 saturated carbocycles. The predicted molar refractivity (Wildman–Crippen MR) is 153 cm³/mol. The fourth-order valence-electron chi connectivity index (χ4n) is 4.48. The van der Waals surface area contributed by atoms with Gasteiger partial charge < -0.3 is 41.9 Å². The van der Waals surface area contributed by atoms with E-state index < -0.39 is 47.9 Å². The first-order chi connectivity index (χ1) is 20.1. The van der Waals surface area contributed by atoms with E-state index in [1.807, 2.05) is 24.3 Å². The molecule has 2 aromatic heterocycles. The van der Waals surface area contributed by atoms with Crippen molar-refractivity contribution >= 4 is 34.6 Å². The van der Waals surface area contributed by atoms with Crippen molar-refractivity contribution in [2.75, 3.05) is 0 Å². The highest BCUT2D eigenvalue weighted by molar-refractivity contribution is 5.94. The van der Waals surface area contributed by atoms with E-state index >= 15 is 0 Å². The smallest absolute Gasteiger partial charge is 0.326 e. The van der Waals surface area contributed by atoms with E-state index in [0.29, 0.717) is 5.69 Å². The molecule has 0 radical (unpaired) electrons. The quantitative estimate of drug-likeness (QED) is 0.112. The van der Waals surface area contributed by atoms with Gasteiger partial charge in [-0.15, -0.1) is 0 Å². The highest BCUT2D eigenvalue weighted by Crippen LogP contribution is 2.19. The van der Waals surface area contributed by atoms with Gasteiger partial charge in [-0.1, -0.05) is 30.3 Å². The number of amides is 3. The average molecular weight is 576 g/mol.